The van der Waals surface area contributed by atoms with Gasteiger partial charge in [-0.3, -0.25) is 4.79 Å². The van der Waals surface area contributed by atoms with Gasteiger partial charge in [0.1, 0.15) is 6.61 Å². The lowest BCUT2D eigenvalue weighted by molar-refractivity contribution is 0.0125. The quantitative estimate of drug-likeness (QED) is 0.692. The molecule has 1 aromatic rings. The van der Waals surface area contributed by atoms with Crippen molar-refractivity contribution in [2.75, 3.05) is 20.3 Å². The summed E-state index contributed by atoms with van der Waals surface area (Å²) < 4.78 is 10.3. The number of carbonyl (C=O) groups is 1. The number of rotatable bonds is 6. The number of ketones is 1. The molecule has 0 aliphatic rings. The lowest BCUT2D eigenvalue weighted by atomic mass is 10.1. The summed E-state index contributed by atoms with van der Waals surface area (Å²) in [5.41, 5.74) is 1.83. The first kappa shape index (κ1) is 12.9. The highest BCUT2D eigenvalue weighted by atomic mass is 16.5. The number of benzene rings is 1. The van der Waals surface area contributed by atoms with Crippen LogP contribution in [0.4, 0.5) is 0 Å². The number of carbonyl (C=O) groups excluding carboxylic acids is 1. The fourth-order valence-corrected chi connectivity index (χ4v) is 1.32. The fourth-order valence-electron chi connectivity index (χ4n) is 1.32. The second-order valence-electron chi connectivity index (χ2n) is 3.87. The molecule has 0 aliphatic carbocycles. The van der Waals surface area contributed by atoms with Crippen molar-refractivity contribution in [3.63, 3.8) is 0 Å². The summed E-state index contributed by atoms with van der Waals surface area (Å²) in [6.07, 6.45) is -0.0561. The summed E-state index contributed by atoms with van der Waals surface area (Å²) in [5.74, 6) is 0.00273. The van der Waals surface area contributed by atoms with E-state index in [4.69, 9.17) is 9.47 Å². The van der Waals surface area contributed by atoms with E-state index < -0.39 is 0 Å². The average molecular weight is 222 g/mol. The maximum absolute atomic E-state index is 11.7. The van der Waals surface area contributed by atoms with Gasteiger partial charge in [-0.1, -0.05) is 29.8 Å². The second-order valence-corrected chi connectivity index (χ2v) is 3.87. The van der Waals surface area contributed by atoms with Crippen molar-refractivity contribution in [2.45, 2.75) is 20.0 Å². The molecule has 1 rings (SSSR count). The lowest BCUT2D eigenvalue weighted by Crippen LogP contribution is -2.19. The molecular formula is C13H18O3. The Kier molecular flexibility index (Phi) is 5.15. The van der Waals surface area contributed by atoms with Gasteiger partial charge in [-0.25, -0.2) is 0 Å². The molecule has 0 radical (unpaired) electrons. The van der Waals surface area contributed by atoms with Crippen molar-refractivity contribution in [1.29, 1.82) is 0 Å². The van der Waals surface area contributed by atoms with Crippen LogP contribution in [0.3, 0.4) is 0 Å². The molecule has 0 amide bonds. The Balaban J connectivity index is 2.43. The minimum Gasteiger partial charge on any atom is -0.382 e. The number of hydrogen-bond acceptors (Lipinski definition) is 3. The van der Waals surface area contributed by atoms with Crippen LogP contribution >= 0.6 is 0 Å². The Morgan fingerprint density at radius 3 is 2.50 bits per heavy atom. The molecular weight excluding hydrogens is 204 g/mol. The molecule has 0 aliphatic heterocycles. The molecule has 0 aromatic heterocycles. The molecule has 0 saturated carbocycles. The number of hydrogen-bond donors (Lipinski definition) is 0. The van der Waals surface area contributed by atoms with Crippen molar-refractivity contribution >= 4 is 5.78 Å². The van der Waals surface area contributed by atoms with Crippen LogP contribution in [0, 0.1) is 6.92 Å². The summed E-state index contributed by atoms with van der Waals surface area (Å²) in [7, 11) is 1.61. The van der Waals surface area contributed by atoms with Crippen LogP contribution in [-0.4, -0.2) is 32.2 Å². The Morgan fingerprint density at radius 1 is 1.31 bits per heavy atom. The first-order valence-electron chi connectivity index (χ1n) is 5.34. The summed E-state index contributed by atoms with van der Waals surface area (Å²) in [6, 6.07) is 7.49. The zero-order chi connectivity index (χ0) is 12.0. The molecule has 1 atom stereocenters. The van der Waals surface area contributed by atoms with E-state index in [1.54, 1.807) is 7.11 Å². The molecule has 0 bridgehead atoms. The van der Waals surface area contributed by atoms with Gasteiger partial charge in [0.15, 0.2) is 5.78 Å². The molecule has 0 spiro atoms. The Bertz CT molecular complexity index is 330. The van der Waals surface area contributed by atoms with Gasteiger partial charge in [-0.2, -0.15) is 0 Å². The predicted molar refractivity (Wildman–Crippen MR) is 62.8 cm³/mol. The van der Waals surface area contributed by atoms with E-state index in [2.05, 4.69) is 0 Å². The molecule has 16 heavy (non-hydrogen) atoms. The number of aryl methyl sites for hydroxylation is 1. The summed E-state index contributed by atoms with van der Waals surface area (Å²) >= 11 is 0. The van der Waals surface area contributed by atoms with Crippen molar-refractivity contribution in [2.24, 2.45) is 0 Å². The number of Topliss-reactive ketones (excluding diaryl/α,β-unsaturated/α-hetero) is 1. The Hall–Kier alpha value is -1.19. The molecule has 1 unspecified atom stereocenters. The average Bonchev–Trinajstić information content (AvgIpc) is 2.27. The minimum absolute atomic E-state index is 0.00273. The van der Waals surface area contributed by atoms with Crippen molar-refractivity contribution in [3.05, 3.63) is 35.4 Å². The third-order valence-corrected chi connectivity index (χ3v) is 2.27. The first-order valence-corrected chi connectivity index (χ1v) is 5.34. The Morgan fingerprint density at radius 2 is 1.94 bits per heavy atom. The van der Waals surface area contributed by atoms with Gasteiger partial charge in [0.05, 0.1) is 12.7 Å². The smallest absolute Gasteiger partial charge is 0.188 e. The zero-order valence-electron chi connectivity index (χ0n) is 10.0. The summed E-state index contributed by atoms with van der Waals surface area (Å²) in [6.45, 7) is 4.48. The van der Waals surface area contributed by atoms with Gasteiger partial charge in [0.25, 0.3) is 0 Å². The normalized spacial score (nSPS) is 12.4. The fraction of sp³-hybridized carbons (Fsp3) is 0.462. The van der Waals surface area contributed by atoms with Crippen LogP contribution in [0.1, 0.15) is 22.8 Å². The van der Waals surface area contributed by atoms with Crippen LogP contribution in [0.15, 0.2) is 24.3 Å². The van der Waals surface area contributed by atoms with E-state index in [0.29, 0.717) is 12.2 Å². The van der Waals surface area contributed by atoms with Crippen LogP contribution in [0.2, 0.25) is 0 Å². The molecule has 1 aromatic carbocycles. The van der Waals surface area contributed by atoms with E-state index in [1.165, 1.54) is 0 Å². The minimum atomic E-state index is -0.0561. The topological polar surface area (TPSA) is 35.5 Å². The maximum atomic E-state index is 11.7. The standard InChI is InChI=1S/C13H18O3/c1-10-4-6-12(7-5-10)13(14)9-16-11(2)8-15-3/h4-7,11H,8-9H2,1-3H3. The van der Waals surface area contributed by atoms with E-state index >= 15 is 0 Å². The van der Waals surface area contributed by atoms with Gasteiger partial charge in [0.2, 0.25) is 0 Å². The molecule has 3 heteroatoms. The van der Waals surface area contributed by atoms with Crippen LogP contribution in [-0.2, 0) is 9.47 Å². The van der Waals surface area contributed by atoms with Gasteiger partial charge in [-0.05, 0) is 13.8 Å². The van der Waals surface area contributed by atoms with Crippen LogP contribution < -0.4 is 0 Å². The highest BCUT2D eigenvalue weighted by Gasteiger charge is 2.08. The van der Waals surface area contributed by atoms with Gasteiger partial charge < -0.3 is 9.47 Å². The third kappa shape index (κ3) is 4.13. The van der Waals surface area contributed by atoms with E-state index in [9.17, 15) is 4.79 Å². The summed E-state index contributed by atoms with van der Waals surface area (Å²) in [4.78, 5) is 11.7. The van der Waals surface area contributed by atoms with E-state index in [1.807, 2.05) is 38.1 Å². The largest absolute Gasteiger partial charge is 0.382 e. The predicted octanol–water partition coefficient (Wildman–Crippen LogP) is 2.23. The first-order chi connectivity index (χ1) is 7.63. The highest BCUT2D eigenvalue weighted by molar-refractivity contribution is 5.97. The molecule has 0 N–H and O–H groups in total. The van der Waals surface area contributed by atoms with Gasteiger partial charge in [0, 0.05) is 12.7 Å². The van der Waals surface area contributed by atoms with E-state index in [0.717, 1.165) is 5.56 Å². The van der Waals surface area contributed by atoms with Gasteiger partial charge >= 0.3 is 0 Å². The lowest BCUT2D eigenvalue weighted by Gasteiger charge is -2.11. The Labute approximate surface area is 96.4 Å². The molecule has 0 saturated heterocycles. The van der Waals surface area contributed by atoms with Crippen molar-refractivity contribution < 1.29 is 14.3 Å². The van der Waals surface area contributed by atoms with Crippen molar-refractivity contribution in [3.8, 4) is 0 Å². The van der Waals surface area contributed by atoms with E-state index in [-0.39, 0.29) is 18.5 Å². The SMILES string of the molecule is COCC(C)OCC(=O)c1ccc(C)cc1. The number of ether oxygens (including phenoxy) is 2. The third-order valence-electron chi connectivity index (χ3n) is 2.27. The van der Waals surface area contributed by atoms with Crippen molar-refractivity contribution in [1.82, 2.24) is 0 Å². The second kappa shape index (κ2) is 6.40. The monoisotopic (exact) mass is 222 g/mol. The summed E-state index contributed by atoms with van der Waals surface area (Å²) in [5, 5.41) is 0. The number of methoxy groups -OCH3 is 1. The molecule has 3 nitrogen and oxygen atoms in total. The maximum Gasteiger partial charge on any atom is 0.188 e. The van der Waals surface area contributed by atoms with Crippen LogP contribution in [0.5, 0.6) is 0 Å². The molecule has 0 fully saturated rings. The van der Waals surface area contributed by atoms with Crippen LogP contribution in [0.25, 0.3) is 0 Å². The molecule has 0 heterocycles. The van der Waals surface area contributed by atoms with Gasteiger partial charge in [-0.15, -0.1) is 0 Å². The molecule has 88 valence electrons. The zero-order valence-corrected chi connectivity index (χ0v) is 10.0. The highest BCUT2D eigenvalue weighted by Crippen LogP contribution is 2.05.